The number of nitrogens with zero attached hydrogens (tertiary/aromatic N) is 2. The van der Waals surface area contributed by atoms with Gasteiger partial charge in [-0.1, -0.05) is 13.8 Å². The first-order valence-electron chi connectivity index (χ1n) is 5.24. The monoisotopic (exact) mass is 202 g/mol. The van der Waals surface area contributed by atoms with Crippen LogP contribution in [0.4, 0.5) is 0 Å². The molecule has 0 aromatic rings. The summed E-state index contributed by atoms with van der Waals surface area (Å²) in [7, 11) is 0. The Bertz CT molecular complexity index is 158. The van der Waals surface area contributed by atoms with Gasteiger partial charge in [-0.25, -0.2) is 0 Å². The van der Waals surface area contributed by atoms with Crippen molar-refractivity contribution in [2.45, 2.75) is 20.8 Å². The van der Waals surface area contributed by atoms with Gasteiger partial charge in [0, 0.05) is 26.6 Å². The van der Waals surface area contributed by atoms with Crippen LogP contribution in [0.25, 0.3) is 0 Å². The van der Waals surface area contributed by atoms with Crippen LogP contribution in [-0.2, 0) is 4.79 Å². The minimum atomic E-state index is 0.0335. The van der Waals surface area contributed by atoms with Crippen molar-refractivity contribution in [1.29, 1.82) is 0 Å². The Morgan fingerprint density at radius 3 is 2.07 bits per heavy atom. The molecule has 0 aliphatic heterocycles. The predicted octanol–water partition coefficient (Wildman–Crippen LogP) is 0.169. The topological polar surface area (TPSA) is 43.8 Å². The quantitative estimate of drug-likeness (QED) is 0.640. The predicted molar refractivity (Wildman–Crippen MR) is 57.1 cm³/mol. The fourth-order valence-electron chi connectivity index (χ4n) is 1.35. The van der Waals surface area contributed by atoms with E-state index in [1.807, 2.05) is 0 Å². The van der Waals surface area contributed by atoms with E-state index < -0.39 is 0 Å². The molecular weight excluding hydrogens is 180 g/mol. The van der Waals surface area contributed by atoms with Crippen LogP contribution in [0.1, 0.15) is 20.8 Å². The van der Waals surface area contributed by atoms with Crippen molar-refractivity contribution in [2.75, 3.05) is 39.3 Å². The average molecular weight is 202 g/mol. The van der Waals surface area contributed by atoms with Gasteiger partial charge in [0.1, 0.15) is 0 Å². The molecule has 0 atom stereocenters. The van der Waals surface area contributed by atoms with Crippen LogP contribution in [0, 0.1) is 0 Å². The van der Waals surface area contributed by atoms with Crippen molar-refractivity contribution in [3.05, 3.63) is 0 Å². The van der Waals surface area contributed by atoms with E-state index in [-0.39, 0.29) is 12.5 Å². The van der Waals surface area contributed by atoms with Crippen LogP contribution in [0.2, 0.25) is 0 Å². The van der Waals surface area contributed by atoms with E-state index in [4.69, 9.17) is 5.11 Å². The summed E-state index contributed by atoms with van der Waals surface area (Å²) in [4.78, 5) is 15.1. The summed E-state index contributed by atoms with van der Waals surface area (Å²) >= 11 is 0. The smallest absolute Gasteiger partial charge is 0.219 e. The van der Waals surface area contributed by atoms with Gasteiger partial charge in [0.2, 0.25) is 5.91 Å². The molecule has 0 rings (SSSR count). The Kier molecular flexibility index (Phi) is 7.42. The molecule has 0 aromatic heterocycles. The molecule has 0 radical (unpaired) electrons. The zero-order valence-corrected chi connectivity index (χ0v) is 9.49. The first-order chi connectivity index (χ1) is 6.65. The zero-order chi connectivity index (χ0) is 11.0. The Labute approximate surface area is 86.5 Å². The Morgan fingerprint density at radius 2 is 1.71 bits per heavy atom. The highest BCUT2D eigenvalue weighted by molar-refractivity contribution is 5.73. The molecule has 0 bridgehead atoms. The van der Waals surface area contributed by atoms with Gasteiger partial charge in [0.15, 0.2) is 0 Å². The second kappa shape index (κ2) is 7.76. The van der Waals surface area contributed by atoms with Crippen molar-refractivity contribution in [3.63, 3.8) is 0 Å². The van der Waals surface area contributed by atoms with Crippen molar-refractivity contribution >= 4 is 5.91 Å². The van der Waals surface area contributed by atoms with E-state index in [1.54, 1.807) is 4.90 Å². The molecule has 0 spiro atoms. The highest BCUT2D eigenvalue weighted by Gasteiger charge is 2.08. The van der Waals surface area contributed by atoms with E-state index in [9.17, 15) is 4.79 Å². The number of aliphatic hydroxyl groups is 1. The molecular formula is C10H22N2O2. The molecule has 0 aromatic carbocycles. The maximum atomic E-state index is 11.1. The van der Waals surface area contributed by atoms with Gasteiger partial charge in [-0.2, -0.15) is 0 Å². The SMILES string of the molecule is CCN(CC)CCN(CCO)C(C)=O. The second-order valence-corrected chi connectivity index (χ2v) is 3.26. The van der Waals surface area contributed by atoms with Gasteiger partial charge in [0.25, 0.3) is 0 Å². The number of hydrogen-bond donors (Lipinski definition) is 1. The number of carbonyl (C=O) groups is 1. The summed E-state index contributed by atoms with van der Waals surface area (Å²) in [5.41, 5.74) is 0. The van der Waals surface area contributed by atoms with Gasteiger partial charge in [-0.3, -0.25) is 4.79 Å². The molecule has 0 saturated carbocycles. The molecule has 0 aliphatic carbocycles. The molecule has 1 amide bonds. The van der Waals surface area contributed by atoms with Gasteiger partial charge < -0.3 is 14.9 Å². The fraction of sp³-hybridized carbons (Fsp3) is 0.900. The highest BCUT2D eigenvalue weighted by atomic mass is 16.3. The van der Waals surface area contributed by atoms with Crippen LogP contribution in [-0.4, -0.2) is 60.1 Å². The minimum absolute atomic E-state index is 0.0335. The summed E-state index contributed by atoms with van der Waals surface area (Å²) in [5, 5.41) is 8.76. The van der Waals surface area contributed by atoms with E-state index in [0.29, 0.717) is 13.1 Å². The lowest BCUT2D eigenvalue weighted by Gasteiger charge is -2.24. The van der Waals surface area contributed by atoms with Crippen molar-refractivity contribution in [3.8, 4) is 0 Å². The summed E-state index contributed by atoms with van der Waals surface area (Å²) in [6.07, 6.45) is 0. The number of likely N-dealkylation sites (N-methyl/N-ethyl adjacent to an activating group) is 1. The first-order valence-corrected chi connectivity index (χ1v) is 5.24. The molecule has 4 heteroatoms. The fourth-order valence-corrected chi connectivity index (χ4v) is 1.35. The van der Waals surface area contributed by atoms with E-state index in [0.717, 1.165) is 19.6 Å². The lowest BCUT2D eigenvalue weighted by atomic mass is 10.4. The number of hydrogen-bond acceptors (Lipinski definition) is 3. The maximum Gasteiger partial charge on any atom is 0.219 e. The molecule has 0 heterocycles. The Morgan fingerprint density at radius 1 is 1.14 bits per heavy atom. The van der Waals surface area contributed by atoms with Crippen LogP contribution in [0.5, 0.6) is 0 Å². The Balaban J connectivity index is 3.85. The average Bonchev–Trinajstić information content (AvgIpc) is 2.17. The van der Waals surface area contributed by atoms with Gasteiger partial charge in [-0.15, -0.1) is 0 Å². The van der Waals surface area contributed by atoms with Gasteiger partial charge in [-0.05, 0) is 13.1 Å². The van der Waals surface area contributed by atoms with Crippen molar-refractivity contribution in [2.24, 2.45) is 0 Å². The Hall–Kier alpha value is -0.610. The molecule has 84 valence electrons. The van der Waals surface area contributed by atoms with Gasteiger partial charge >= 0.3 is 0 Å². The molecule has 0 unspecified atom stereocenters. The lowest BCUT2D eigenvalue weighted by molar-refractivity contribution is -0.129. The van der Waals surface area contributed by atoms with Crippen LogP contribution in [0.15, 0.2) is 0 Å². The number of carbonyl (C=O) groups excluding carboxylic acids is 1. The molecule has 1 N–H and O–H groups in total. The number of rotatable bonds is 7. The van der Waals surface area contributed by atoms with Crippen molar-refractivity contribution in [1.82, 2.24) is 9.80 Å². The van der Waals surface area contributed by atoms with Crippen LogP contribution < -0.4 is 0 Å². The third kappa shape index (κ3) is 5.19. The standard InChI is InChI=1S/C10H22N2O2/c1-4-11(5-2)6-7-12(8-9-13)10(3)14/h13H,4-9H2,1-3H3. The van der Waals surface area contributed by atoms with Gasteiger partial charge in [0.05, 0.1) is 6.61 Å². The van der Waals surface area contributed by atoms with Crippen molar-refractivity contribution < 1.29 is 9.90 Å². The van der Waals surface area contributed by atoms with E-state index in [2.05, 4.69) is 18.7 Å². The van der Waals surface area contributed by atoms with E-state index in [1.165, 1.54) is 6.92 Å². The molecule has 4 nitrogen and oxygen atoms in total. The zero-order valence-electron chi connectivity index (χ0n) is 9.49. The summed E-state index contributed by atoms with van der Waals surface area (Å²) in [6, 6.07) is 0. The third-order valence-corrected chi connectivity index (χ3v) is 2.40. The second-order valence-electron chi connectivity index (χ2n) is 3.26. The normalized spacial score (nSPS) is 10.6. The maximum absolute atomic E-state index is 11.1. The van der Waals surface area contributed by atoms with Crippen LogP contribution in [0.3, 0.4) is 0 Å². The van der Waals surface area contributed by atoms with E-state index >= 15 is 0 Å². The largest absolute Gasteiger partial charge is 0.395 e. The molecule has 0 fully saturated rings. The molecule has 14 heavy (non-hydrogen) atoms. The minimum Gasteiger partial charge on any atom is -0.395 e. The number of aliphatic hydroxyl groups excluding tert-OH is 1. The first kappa shape index (κ1) is 13.4. The number of amides is 1. The highest BCUT2D eigenvalue weighted by Crippen LogP contribution is 1.92. The molecule has 0 aliphatic rings. The lowest BCUT2D eigenvalue weighted by Crippen LogP contribution is -2.39. The van der Waals surface area contributed by atoms with Crippen LogP contribution >= 0.6 is 0 Å². The molecule has 0 saturated heterocycles. The third-order valence-electron chi connectivity index (χ3n) is 2.40. The summed E-state index contributed by atoms with van der Waals surface area (Å²) < 4.78 is 0. The summed E-state index contributed by atoms with van der Waals surface area (Å²) in [5.74, 6) is 0.0335. The summed E-state index contributed by atoms with van der Waals surface area (Å²) in [6.45, 7) is 9.82.